The first kappa shape index (κ1) is 20.5. The molecular formula is C26H20ClFN2O2. The van der Waals surface area contributed by atoms with Gasteiger partial charge in [0, 0.05) is 18.1 Å². The molecule has 32 heavy (non-hydrogen) atoms. The number of carbonyl (C=O) groups is 2. The van der Waals surface area contributed by atoms with Crippen molar-refractivity contribution in [3.8, 4) is 0 Å². The molecule has 0 atom stereocenters. The minimum Gasteiger partial charge on any atom is -0.362 e. The van der Waals surface area contributed by atoms with Crippen molar-refractivity contribution in [2.75, 3.05) is 11.4 Å². The summed E-state index contributed by atoms with van der Waals surface area (Å²) in [6.07, 6.45) is 0.772. The van der Waals surface area contributed by atoms with E-state index in [-0.39, 0.29) is 11.5 Å². The predicted molar refractivity (Wildman–Crippen MR) is 123 cm³/mol. The summed E-state index contributed by atoms with van der Waals surface area (Å²) >= 11 is 6.19. The summed E-state index contributed by atoms with van der Waals surface area (Å²) in [6, 6.07) is 18.9. The Labute approximate surface area is 190 Å². The fourth-order valence-electron chi connectivity index (χ4n) is 4.42. The lowest BCUT2D eigenvalue weighted by Gasteiger charge is -2.31. The highest BCUT2D eigenvalue weighted by Gasteiger charge is 2.43. The summed E-state index contributed by atoms with van der Waals surface area (Å²) in [7, 11) is 0. The van der Waals surface area contributed by atoms with E-state index in [0.29, 0.717) is 35.1 Å². The summed E-state index contributed by atoms with van der Waals surface area (Å²) < 4.78 is 13.6. The molecule has 3 aromatic rings. The smallest absolute Gasteiger partial charge is 0.282 e. The highest BCUT2D eigenvalue weighted by atomic mass is 35.5. The Balaban J connectivity index is 1.64. The second-order valence-electron chi connectivity index (χ2n) is 8.05. The number of carbonyl (C=O) groups excluding carboxylic acids is 2. The standard InChI is InChI=1S/C26H20ClFN2O2/c1-16-6-9-20(27)14-22(16)30-25(31)23(18-7-10-21(28)11-8-18)24(26(30)32)29-13-12-17-4-2-3-5-19(17)15-29/h2-11,14H,12-13,15H2,1H3. The summed E-state index contributed by atoms with van der Waals surface area (Å²) in [5.41, 5.74) is 4.73. The Morgan fingerprint density at radius 1 is 0.906 bits per heavy atom. The third-order valence-electron chi connectivity index (χ3n) is 6.05. The number of anilines is 1. The van der Waals surface area contributed by atoms with E-state index in [1.165, 1.54) is 22.6 Å². The van der Waals surface area contributed by atoms with Gasteiger partial charge in [-0.15, -0.1) is 0 Å². The molecule has 0 N–H and O–H groups in total. The van der Waals surface area contributed by atoms with Crippen molar-refractivity contribution < 1.29 is 14.0 Å². The molecule has 0 spiro atoms. The maximum Gasteiger partial charge on any atom is 0.282 e. The van der Waals surface area contributed by atoms with Crippen LogP contribution in [0.15, 0.2) is 72.4 Å². The second-order valence-corrected chi connectivity index (χ2v) is 8.48. The maximum absolute atomic E-state index is 13.7. The van der Waals surface area contributed by atoms with Crippen molar-refractivity contribution in [3.05, 3.63) is 106 Å². The summed E-state index contributed by atoms with van der Waals surface area (Å²) in [5.74, 6) is -1.22. The highest BCUT2D eigenvalue weighted by molar-refractivity contribution is 6.45. The molecule has 160 valence electrons. The van der Waals surface area contributed by atoms with Gasteiger partial charge >= 0.3 is 0 Å². The molecule has 2 aliphatic rings. The van der Waals surface area contributed by atoms with Crippen LogP contribution in [0, 0.1) is 12.7 Å². The van der Waals surface area contributed by atoms with Crippen molar-refractivity contribution >= 4 is 34.7 Å². The van der Waals surface area contributed by atoms with Gasteiger partial charge < -0.3 is 4.90 Å². The fourth-order valence-corrected chi connectivity index (χ4v) is 4.58. The van der Waals surface area contributed by atoms with Gasteiger partial charge in [0.2, 0.25) is 0 Å². The Bertz CT molecular complexity index is 1280. The van der Waals surface area contributed by atoms with E-state index in [0.717, 1.165) is 17.5 Å². The zero-order valence-electron chi connectivity index (χ0n) is 17.4. The van der Waals surface area contributed by atoms with Crippen molar-refractivity contribution in [3.63, 3.8) is 0 Å². The molecule has 6 heteroatoms. The number of halogens is 2. The minimum atomic E-state index is -0.430. The second kappa shape index (κ2) is 7.92. The molecule has 0 aromatic heterocycles. The molecule has 2 amide bonds. The van der Waals surface area contributed by atoms with E-state index < -0.39 is 11.7 Å². The molecule has 2 aliphatic heterocycles. The van der Waals surface area contributed by atoms with Crippen LogP contribution in [0.2, 0.25) is 5.02 Å². The number of fused-ring (bicyclic) bond motifs is 1. The molecule has 3 aromatic carbocycles. The van der Waals surface area contributed by atoms with Gasteiger partial charge in [0.25, 0.3) is 11.8 Å². The van der Waals surface area contributed by atoms with Gasteiger partial charge in [0.1, 0.15) is 11.5 Å². The lowest BCUT2D eigenvalue weighted by atomic mass is 9.98. The summed E-state index contributed by atoms with van der Waals surface area (Å²) in [6.45, 7) is 2.97. The molecule has 5 rings (SSSR count). The topological polar surface area (TPSA) is 40.6 Å². The summed E-state index contributed by atoms with van der Waals surface area (Å²) in [4.78, 5) is 30.5. The van der Waals surface area contributed by atoms with Crippen LogP contribution in [0.1, 0.15) is 22.3 Å². The maximum atomic E-state index is 13.7. The number of aryl methyl sites for hydroxylation is 1. The van der Waals surface area contributed by atoms with Gasteiger partial charge in [0.05, 0.1) is 11.3 Å². The molecule has 2 heterocycles. The molecule has 0 aliphatic carbocycles. The number of hydrogen-bond donors (Lipinski definition) is 0. The number of imide groups is 1. The average Bonchev–Trinajstić information content (AvgIpc) is 3.05. The normalized spacial score (nSPS) is 16.1. The molecule has 0 bridgehead atoms. The van der Waals surface area contributed by atoms with Gasteiger partial charge in [-0.3, -0.25) is 9.59 Å². The van der Waals surface area contributed by atoms with Gasteiger partial charge in [-0.1, -0.05) is 54.1 Å². The third-order valence-corrected chi connectivity index (χ3v) is 6.29. The van der Waals surface area contributed by atoms with Crippen LogP contribution in [-0.2, 0) is 22.6 Å². The minimum absolute atomic E-state index is 0.286. The van der Waals surface area contributed by atoms with Crippen molar-refractivity contribution in [2.24, 2.45) is 0 Å². The zero-order valence-corrected chi connectivity index (χ0v) is 18.2. The fraction of sp³-hybridized carbons (Fsp3) is 0.154. The lowest BCUT2D eigenvalue weighted by Crippen LogP contribution is -2.37. The summed E-state index contributed by atoms with van der Waals surface area (Å²) in [5, 5.41) is 0.440. The van der Waals surface area contributed by atoms with E-state index in [9.17, 15) is 14.0 Å². The predicted octanol–water partition coefficient (Wildman–Crippen LogP) is 5.13. The lowest BCUT2D eigenvalue weighted by molar-refractivity contribution is -0.120. The molecule has 0 fully saturated rings. The molecule has 0 unspecified atom stereocenters. The first-order valence-corrected chi connectivity index (χ1v) is 10.8. The van der Waals surface area contributed by atoms with Gasteiger partial charge in [-0.05, 0) is 59.9 Å². The van der Waals surface area contributed by atoms with Gasteiger partial charge in [0.15, 0.2) is 0 Å². The van der Waals surface area contributed by atoms with Crippen LogP contribution >= 0.6 is 11.6 Å². The Morgan fingerprint density at radius 3 is 2.38 bits per heavy atom. The molecular weight excluding hydrogens is 427 g/mol. The van der Waals surface area contributed by atoms with E-state index in [4.69, 9.17) is 11.6 Å². The third kappa shape index (κ3) is 3.39. The van der Waals surface area contributed by atoms with Crippen LogP contribution in [0.25, 0.3) is 5.57 Å². The molecule has 0 radical (unpaired) electrons. The molecule has 0 saturated heterocycles. The number of nitrogens with zero attached hydrogens (tertiary/aromatic N) is 2. The van der Waals surface area contributed by atoms with Crippen LogP contribution < -0.4 is 4.90 Å². The Hall–Kier alpha value is -3.44. The average molecular weight is 447 g/mol. The zero-order chi connectivity index (χ0) is 22.4. The number of hydrogen-bond acceptors (Lipinski definition) is 3. The van der Waals surface area contributed by atoms with Crippen LogP contribution in [0.3, 0.4) is 0 Å². The first-order valence-electron chi connectivity index (χ1n) is 10.4. The number of rotatable bonds is 3. The van der Waals surface area contributed by atoms with E-state index in [1.807, 2.05) is 30.0 Å². The number of benzene rings is 3. The van der Waals surface area contributed by atoms with Crippen molar-refractivity contribution in [2.45, 2.75) is 19.9 Å². The van der Waals surface area contributed by atoms with Gasteiger partial charge in [-0.2, -0.15) is 0 Å². The Morgan fingerprint density at radius 2 is 1.62 bits per heavy atom. The van der Waals surface area contributed by atoms with Gasteiger partial charge in [-0.25, -0.2) is 9.29 Å². The van der Waals surface area contributed by atoms with E-state index in [1.54, 1.807) is 30.3 Å². The largest absolute Gasteiger partial charge is 0.362 e. The quantitative estimate of drug-likeness (QED) is 0.524. The molecule has 0 saturated carbocycles. The van der Waals surface area contributed by atoms with E-state index >= 15 is 0 Å². The Kier molecular flexibility index (Phi) is 5.06. The van der Waals surface area contributed by atoms with Crippen molar-refractivity contribution in [1.29, 1.82) is 0 Å². The monoisotopic (exact) mass is 446 g/mol. The van der Waals surface area contributed by atoms with E-state index in [2.05, 4.69) is 6.07 Å². The number of amides is 2. The highest BCUT2D eigenvalue weighted by Crippen LogP contribution is 2.38. The van der Waals surface area contributed by atoms with Crippen LogP contribution in [0.5, 0.6) is 0 Å². The van der Waals surface area contributed by atoms with Crippen molar-refractivity contribution in [1.82, 2.24) is 4.90 Å². The molecule has 4 nitrogen and oxygen atoms in total. The SMILES string of the molecule is Cc1ccc(Cl)cc1N1C(=O)C(c2ccc(F)cc2)=C(N2CCc3ccccc3C2)C1=O. The first-order chi connectivity index (χ1) is 15.4. The van der Waals surface area contributed by atoms with Crippen LogP contribution in [-0.4, -0.2) is 23.3 Å². The van der Waals surface area contributed by atoms with Crippen LogP contribution in [0.4, 0.5) is 10.1 Å².